The lowest BCUT2D eigenvalue weighted by atomic mass is 10.5. The minimum Gasteiger partial charge on any atom is -0.477 e. The highest BCUT2D eigenvalue weighted by Gasteiger charge is 2.11. The van der Waals surface area contributed by atoms with Gasteiger partial charge in [0.1, 0.15) is 9.75 Å². The van der Waals surface area contributed by atoms with Crippen LogP contribution in [-0.2, 0) is 9.47 Å². The van der Waals surface area contributed by atoms with E-state index in [1.807, 2.05) is 13.8 Å². The second-order valence-electron chi connectivity index (χ2n) is 3.91. The fourth-order valence-electron chi connectivity index (χ4n) is 1.34. The third-order valence-electron chi connectivity index (χ3n) is 2.33. The molecule has 0 spiro atoms. The highest BCUT2D eigenvalue weighted by molar-refractivity contribution is 7.08. The van der Waals surface area contributed by atoms with Crippen LogP contribution in [0.2, 0.25) is 0 Å². The number of carbonyl (C=O) groups excluding carboxylic acids is 2. The van der Waals surface area contributed by atoms with Crippen molar-refractivity contribution in [1.29, 1.82) is 0 Å². The monoisotopic (exact) mass is 374 g/mol. The molecule has 0 saturated heterocycles. The largest absolute Gasteiger partial charge is 0.477 e. The lowest BCUT2D eigenvalue weighted by molar-refractivity contribution is 0.0597. The first-order chi connectivity index (χ1) is 11.5. The lowest BCUT2D eigenvalue weighted by Gasteiger charge is -1.93. The Kier molecular flexibility index (Phi) is 8.72. The molecule has 0 N–H and O–H groups in total. The number of hydrogen-bond acceptors (Lipinski definition) is 10. The summed E-state index contributed by atoms with van der Waals surface area (Å²) in [5.41, 5.74) is 0. The molecule has 0 amide bonds. The zero-order valence-electron chi connectivity index (χ0n) is 13.7. The van der Waals surface area contributed by atoms with Gasteiger partial charge in [-0.3, -0.25) is 0 Å². The Bertz CT molecular complexity index is 599. The van der Waals surface area contributed by atoms with Gasteiger partial charge in [0, 0.05) is 12.1 Å². The molecule has 24 heavy (non-hydrogen) atoms. The summed E-state index contributed by atoms with van der Waals surface area (Å²) in [7, 11) is 2.67. The van der Waals surface area contributed by atoms with Crippen LogP contribution in [0.5, 0.6) is 11.8 Å². The summed E-state index contributed by atoms with van der Waals surface area (Å²) in [4.78, 5) is 22.8. The molecular formula is C14H18N2O6S2. The van der Waals surface area contributed by atoms with E-state index >= 15 is 0 Å². The maximum absolute atomic E-state index is 10.9. The summed E-state index contributed by atoms with van der Waals surface area (Å²) in [6.45, 7) is 4.81. The minimum atomic E-state index is -0.376. The number of rotatable bonds is 6. The number of methoxy groups -OCH3 is 2. The SMILES string of the molecule is CCOc1cc(C(=O)OC)sn1.CCOc1cc(C(=O)OC)sn1. The van der Waals surface area contributed by atoms with Gasteiger partial charge in [-0.25, -0.2) is 9.59 Å². The van der Waals surface area contributed by atoms with Crippen LogP contribution in [0.4, 0.5) is 0 Å². The molecule has 132 valence electrons. The summed E-state index contributed by atoms with van der Waals surface area (Å²) < 4.78 is 26.9. The molecule has 0 radical (unpaired) electrons. The first-order valence-corrected chi connectivity index (χ1v) is 8.45. The number of hydrogen-bond donors (Lipinski definition) is 0. The van der Waals surface area contributed by atoms with Gasteiger partial charge in [0.25, 0.3) is 0 Å². The summed E-state index contributed by atoms with van der Waals surface area (Å²) >= 11 is 2.15. The molecule has 0 aromatic carbocycles. The second-order valence-corrected chi connectivity index (χ2v) is 5.52. The fraction of sp³-hybridized carbons (Fsp3) is 0.429. The van der Waals surface area contributed by atoms with E-state index in [4.69, 9.17) is 9.47 Å². The standard InChI is InChI=1S/2C7H9NO3S/c2*1-3-11-6-4-5(12-8-6)7(9)10-2/h2*4H,3H2,1-2H3. The summed E-state index contributed by atoms with van der Waals surface area (Å²) in [5.74, 6) is 0.197. The average Bonchev–Trinajstić information content (AvgIpc) is 3.24. The van der Waals surface area contributed by atoms with Crippen LogP contribution in [0.1, 0.15) is 33.2 Å². The number of ether oxygens (including phenoxy) is 4. The van der Waals surface area contributed by atoms with Crippen molar-refractivity contribution in [2.24, 2.45) is 0 Å². The van der Waals surface area contributed by atoms with Crippen molar-refractivity contribution >= 4 is 35.0 Å². The molecule has 2 aromatic rings. The van der Waals surface area contributed by atoms with Gasteiger partial charge in [-0.1, -0.05) is 0 Å². The lowest BCUT2D eigenvalue weighted by Crippen LogP contribution is -1.97. The van der Waals surface area contributed by atoms with Crippen LogP contribution in [0.25, 0.3) is 0 Å². The summed E-state index contributed by atoms with van der Waals surface area (Å²) in [5, 5.41) is 0. The Morgan fingerprint density at radius 1 is 0.875 bits per heavy atom. The van der Waals surface area contributed by atoms with Gasteiger partial charge >= 0.3 is 11.9 Å². The zero-order valence-corrected chi connectivity index (χ0v) is 15.4. The van der Waals surface area contributed by atoms with Crippen molar-refractivity contribution in [3.8, 4) is 11.8 Å². The van der Waals surface area contributed by atoms with E-state index in [-0.39, 0.29) is 11.9 Å². The molecule has 0 atom stereocenters. The number of carbonyl (C=O) groups is 2. The van der Waals surface area contributed by atoms with E-state index in [0.29, 0.717) is 34.7 Å². The van der Waals surface area contributed by atoms with Crippen molar-refractivity contribution < 1.29 is 28.5 Å². The minimum absolute atomic E-state index is 0.376. The summed E-state index contributed by atoms with van der Waals surface area (Å²) in [6.07, 6.45) is 0. The molecule has 0 saturated carbocycles. The van der Waals surface area contributed by atoms with Crippen LogP contribution >= 0.6 is 23.1 Å². The highest BCUT2D eigenvalue weighted by atomic mass is 32.1. The maximum Gasteiger partial charge on any atom is 0.349 e. The van der Waals surface area contributed by atoms with Gasteiger partial charge in [0.05, 0.1) is 27.4 Å². The second kappa shape index (κ2) is 10.6. The molecule has 0 fully saturated rings. The van der Waals surface area contributed by atoms with Gasteiger partial charge in [0.15, 0.2) is 0 Å². The molecule has 10 heteroatoms. The molecule has 2 aromatic heterocycles. The van der Waals surface area contributed by atoms with E-state index in [0.717, 1.165) is 23.1 Å². The number of esters is 2. The topological polar surface area (TPSA) is 96.8 Å². The predicted octanol–water partition coefficient (Wildman–Crippen LogP) is 2.66. The third kappa shape index (κ3) is 6.13. The van der Waals surface area contributed by atoms with E-state index in [1.165, 1.54) is 14.2 Å². The van der Waals surface area contributed by atoms with Crippen molar-refractivity contribution in [2.45, 2.75) is 13.8 Å². The Morgan fingerprint density at radius 2 is 1.25 bits per heavy atom. The van der Waals surface area contributed by atoms with E-state index in [1.54, 1.807) is 12.1 Å². The van der Waals surface area contributed by atoms with E-state index < -0.39 is 0 Å². The number of aromatic nitrogens is 2. The molecule has 2 rings (SSSR count). The van der Waals surface area contributed by atoms with Crippen LogP contribution in [0, 0.1) is 0 Å². The first kappa shape index (κ1) is 19.8. The highest BCUT2D eigenvalue weighted by Crippen LogP contribution is 2.17. The average molecular weight is 374 g/mol. The van der Waals surface area contributed by atoms with Gasteiger partial charge in [-0.2, -0.15) is 8.75 Å². The number of nitrogens with zero attached hydrogens (tertiary/aromatic N) is 2. The molecule has 0 aliphatic rings. The molecule has 8 nitrogen and oxygen atoms in total. The molecular weight excluding hydrogens is 356 g/mol. The van der Waals surface area contributed by atoms with Gasteiger partial charge < -0.3 is 18.9 Å². The van der Waals surface area contributed by atoms with Crippen molar-refractivity contribution in [3.05, 3.63) is 21.9 Å². The molecule has 2 heterocycles. The molecule has 0 bridgehead atoms. The van der Waals surface area contributed by atoms with Crippen LogP contribution in [-0.4, -0.2) is 48.1 Å². The van der Waals surface area contributed by atoms with E-state index in [9.17, 15) is 9.59 Å². The normalized spacial score (nSPS) is 9.50. The third-order valence-corrected chi connectivity index (χ3v) is 3.84. The molecule has 0 aliphatic carbocycles. The predicted molar refractivity (Wildman–Crippen MR) is 89.2 cm³/mol. The summed E-state index contributed by atoms with van der Waals surface area (Å²) in [6, 6.07) is 3.14. The molecule has 0 aliphatic heterocycles. The van der Waals surface area contributed by atoms with E-state index in [2.05, 4.69) is 18.2 Å². The van der Waals surface area contributed by atoms with Crippen molar-refractivity contribution in [3.63, 3.8) is 0 Å². The zero-order chi connectivity index (χ0) is 17.9. The Morgan fingerprint density at radius 3 is 1.54 bits per heavy atom. The first-order valence-electron chi connectivity index (χ1n) is 6.91. The van der Waals surface area contributed by atoms with Crippen molar-refractivity contribution in [2.75, 3.05) is 27.4 Å². The smallest absolute Gasteiger partial charge is 0.349 e. The Hall–Kier alpha value is -2.20. The van der Waals surface area contributed by atoms with Gasteiger partial charge in [0.2, 0.25) is 11.8 Å². The Labute approximate surface area is 147 Å². The van der Waals surface area contributed by atoms with Crippen molar-refractivity contribution in [1.82, 2.24) is 8.75 Å². The fourth-order valence-corrected chi connectivity index (χ4v) is 2.55. The van der Waals surface area contributed by atoms with Crippen LogP contribution in [0.15, 0.2) is 12.1 Å². The quantitative estimate of drug-likeness (QED) is 0.712. The Balaban J connectivity index is 0.000000240. The van der Waals surface area contributed by atoms with Gasteiger partial charge in [-0.05, 0) is 36.9 Å². The van der Waals surface area contributed by atoms with Gasteiger partial charge in [-0.15, -0.1) is 0 Å². The van der Waals surface area contributed by atoms with Crippen LogP contribution < -0.4 is 9.47 Å². The molecule has 0 unspecified atom stereocenters. The maximum atomic E-state index is 10.9. The van der Waals surface area contributed by atoms with Crippen LogP contribution in [0.3, 0.4) is 0 Å².